The van der Waals surface area contributed by atoms with Gasteiger partial charge in [-0.2, -0.15) is 13.2 Å². The van der Waals surface area contributed by atoms with Crippen molar-refractivity contribution in [2.75, 3.05) is 26.2 Å². The molecule has 2 atom stereocenters. The van der Waals surface area contributed by atoms with Crippen LogP contribution in [0.3, 0.4) is 0 Å². The molecule has 2 rings (SSSR count). The molecule has 138 valence electrons. The van der Waals surface area contributed by atoms with E-state index in [2.05, 4.69) is 10.3 Å². The van der Waals surface area contributed by atoms with Gasteiger partial charge in [0.15, 0.2) is 5.82 Å². The number of carboxylic acid groups (broad SMARTS) is 1. The van der Waals surface area contributed by atoms with E-state index in [0.717, 1.165) is 11.0 Å². The molecule has 7 nitrogen and oxygen atoms in total. The molecular weight excluding hydrogens is 350 g/mol. The summed E-state index contributed by atoms with van der Waals surface area (Å²) in [5, 5.41) is 11.2. The van der Waals surface area contributed by atoms with Gasteiger partial charge in [0.05, 0.1) is 18.4 Å². The molecular formula is C14H15F4N3O4. The molecule has 11 heteroatoms. The van der Waals surface area contributed by atoms with Crippen molar-refractivity contribution in [2.24, 2.45) is 11.8 Å². The van der Waals surface area contributed by atoms with Gasteiger partial charge < -0.3 is 20.1 Å². The summed E-state index contributed by atoms with van der Waals surface area (Å²) in [6.07, 6.45) is -3.40. The Hall–Kier alpha value is -2.59. The van der Waals surface area contributed by atoms with Crippen LogP contribution in [0.15, 0.2) is 18.3 Å². The van der Waals surface area contributed by atoms with Gasteiger partial charge in [-0.05, 0) is 12.1 Å². The Labute approximate surface area is 139 Å². The first-order valence-electron chi connectivity index (χ1n) is 7.25. The minimum Gasteiger partial charge on any atom is -0.481 e. The molecule has 0 aliphatic carbocycles. The van der Waals surface area contributed by atoms with Crippen molar-refractivity contribution in [3.63, 3.8) is 0 Å². The average Bonchev–Trinajstić information content (AvgIpc) is 2.99. The molecule has 0 spiro atoms. The number of nitrogens with zero attached hydrogens (tertiary/aromatic N) is 2. The number of amides is 2. The second-order valence-corrected chi connectivity index (χ2v) is 5.37. The highest BCUT2D eigenvalue weighted by atomic mass is 19.4. The quantitative estimate of drug-likeness (QED) is 0.610. The summed E-state index contributed by atoms with van der Waals surface area (Å²) in [5.74, 6) is -6.38. The second-order valence-electron chi connectivity index (χ2n) is 5.37. The fraction of sp³-hybridized carbons (Fsp3) is 0.500. The van der Waals surface area contributed by atoms with E-state index in [1.54, 1.807) is 0 Å². The van der Waals surface area contributed by atoms with E-state index >= 15 is 0 Å². The molecule has 1 saturated heterocycles. The van der Waals surface area contributed by atoms with E-state index in [1.807, 2.05) is 0 Å². The number of rotatable bonds is 5. The molecule has 0 bridgehead atoms. The normalized spacial score (nSPS) is 20.4. The molecule has 2 N–H and O–H groups in total. The fourth-order valence-corrected chi connectivity index (χ4v) is 2.45. The Bertz CT molecular complexity index is 641. The topological polar surface area (TPSA) is 91.8 Å². The number of carboxylic acids is 1. The summed E-state index contributed by atoms with van der Waals surface area (Å²) in [7, 11) is 0. The molecule has 0 radical (unpaired) electrons. The summed E-state index contributed by atoms with van der Waals surface area (Å²) in [5.41, 5.74) is 0. The smallest absolute Gasteiger partial charge is 0.394 e. The summed E-state index contributed by atoms with van der Waals surface area (Å²) in [6, 6.07) is 1.66. The molecule has 0 aromatic carbocycles. The number of aliphatic carboxylic acids is 1. The number of hydrogen-bond acceptors (Lipinski definition) is 4. The van der Waals surface area contributed by atoms with Crippen LogP contribution in [0.4, 0.5) is 22.4 Å². The van der Waals surface area contributed by atoms with Gasteiger partial charge in [0, 0.05) is 19.3 Å². The van der Waals surface area contributed by atoms with Gasteiger partial charge >= 0.3 is 18.2 Å². The van der Waals surface area contributed by atoms with Crippen LogP contribution in [-0.2, 0) is 4.79 Å². The summed E-state index contributed by atoms with van der Waals surface area (Å²) < 4.78 is 56.8. The van der Waals surface area contributed by atoms with Crippen LogP contribution in [0, 0.1) is 17.7 Å². The van der Waals surface area contributed by atoms with Crippen LogP contribution in [-0.4, -0.2) is 59.4 Å². The van der Waals surface area contributed by atoms with Gasteiger partial charge in [0.25, 0.3) is 0 Å². The van der Waals surface area contributed by atoms with Gasteiger partial charge in [0.1, 0.15) is 6.61 Å². The Kier molecular flexibility index (Phi) is 5.65. The molecule has 1 aromatic heterocycles. The number of urea groups is 1. The zero-order chi connectivity index (χ0) is 18.6. The molecule has 1 aromatic rings. The number of alkyl halides is 3. The number of likely N-dealkylation sites (tertiary alicyclic amines) is 1. The van der Waals surface area contributed by atoms with E-state index in [0.29, 0.717) is 0 Å². The van der Waals surface area contributed by atoms with Crippen molar-refractivity contribution in [3.8, 4) is 5.88 Å². The van der Waals surface area contributed by atoms with Crippen molar-refractivity contribution in [2.45, 2.75) is 6.18 Å². The maximum Gasteiger partial charge on any atom is 0.394 e. The first-order chi connectivity index (χ1) is 11.7. The summed E-state index contributed by atoms with van der Waals surface area (Å²) in [6.45, 7) is -1.54. The van der Waals surface area contributed by atoms with Crippen LogP contribution in [0.2, 0.25) is 0 Å². The number of carbonyl (C=O) groups excluding carboxylic acids is 1. The molecule has 2 amide bonds. The Morgan fingerprint density at radius 1 is 1.40 bits per heavy atom. The Morgan fingerprint density at radius 2 is 2.12 bits per heavy atom. The minimum absolute atomic E-state index is 0.111. The molecule has 25 heavy (non-hydrogen) atoms. The molecule has 1 fully saturated rings. The molecule has 2 heterocycles. The van der Waals surface area contributed by atoms with E-state index in [4.69, 9.17) is 9.84 Å². The number of aromatic nitrogens is 1. The van der Waals surface area contributed by atoms with Gasteiger partial charge in [-0.25, -0.2) is 14.2 Å². The minimum atomic E-state index is -4.71. The van der Waals surface area contributed by atoms with Gasteiger partial charge in [-0.3, -0.25) is 4.79 Å². The summed E-state index contributed by atoms with van der Waals surface area (Å²) in [4.78, 5) is 27.2. The maximum atomic E-state index is 13.2. The van der Waals surface area contributed by atoms with Crippen LogP contribution >= 0.6 is 0 Å². The number of ether oxygens (including phenoxy) is 1. The molecule has 0 saturated carbocycles. The van der Waals surface area contributed by atoms with E-state index < -0.39 is 48.9 Å². The molecule has 0 unspecified atom stereocenters. The van der Waals surface area contributed by atoms with Crippen molar-refractivity contribution in [3.05, 3.63) is 24.1 Å². The monoisotopic (exact) mass is 365 g/mol. The van der Waals surface area contributed by atoms with Gasteiger partial charge in [-0.15, -0.1) is 0 Å². The second kappa shape index (κ2) is 7.53. The maximum absolute atomic E-state index is 13.2. The number of halogens is 4. The first-order valence-corrected chi connectivity index (χ1v) is 7.25. The lowest BCUT2D eigenvalue weighted by molar-refractivity contribution is -0.187. The third-order valence-corrected chi connectivity index (χ3v) is 3.69. The third-order valence-electron chi connectivity index (χ3n) is 3.69. The molecule has 1 aliphatic rings. The van der Waals surface area contributed by atoms with Crippen molar-refractivity contribution >= 4 is 12.0 Å². The summed E-state index contributed by atoms with van der Waals surface area (Å²) >= 11 is 0. The fourth-order valence-electron chi connectivity index (χ4n) is 2.45. The number of hydrogen-bond donors (Lipinski definition) is 2. The lowest BCUT2D eigenvalue weighted by Gasteiger charge is -2.18. The van der Waals surface area contributed by atoms with E-state index in [1.165, 1.54) is 12.3 Å². The average molecular weight is 365 g/mol. The van der Waals surface area contributed by atoms with Crippen LogP contribution in [0.25, 0.3) is 0 Å². The van der Waals surface area contributed by atoms with Crippen LogP contribution in [0.5, 0.6) is 5.88 Å². The van der Waals surface area contributed by atoms with Crippen molar-refractivity contribution in [1.29, 1.82) is 0 Å². The van der Waals surface area contributed by atoms with Crippen molar-refractivity contribution in [1.82, 2.24) is 15.2 Å². The first kappa shape index (κ1) is 18.7. The standard InChI is InChI=1S/C14H15F4N3O4/c15-10-2-1-3-19-11(10)25-5-4-20-13(24)21-6-8(12(22)23)9(7-21)14(16,17)18/h1-3,8-9H,4-7H2,(H,20,24)(H,22,23)/t8-,9-/m1/s1. The predicted molar refractivity (Wildman–Crippen MR) is 75.3 cm³/mol. The number of pyridine rings is 1. The Balaban J connectivity index is 1.83. The predicted octanol–water partition coefficient (Wildman–Crippen LogP) is 1.50. The lowest BCUT2D eigenvalue weighted by Crippen LogP contribution is -2.41. The van der Waals surface area contributed by atoms with Crippen LogP contribution in [0.1, 0.15) is 0 Å². The third kappa shape index (κ3) is 4.70. The van der Waals surface area contributed by atoms with E-state index in [9.17, 15) is 27.2 Å². The number of nitrogens with one attached hydrogen (secondary N) is 1. The zero-order valence-corrected chi connectivity index (χ0v) is 12.8. The van der Waals surface area contributed by atoms with Crippen molar-refractivity contribution < 1.29 is 37.0 Å². The van der Waals surface area contributed by atoms with Gasteiger partial charge in [0.2, 0.25) is 5.88 Å². The number of carbonyl (C=O) groups is 2. The van der Waals surface area contributed by atoms with Crippen LogP contribution < -0.4 is 10.1 Å². The van der Waals surface area contributed by atoms with Gasteiger partial charge in [-0.1, -0.05) is 0 Å². The Morgan fingerprint density at radius 3 is 2.68 bits per heavy atom. The largest absolute Gasteiger partial charge is 0.481 e. The van der Waals surface area contributed by atoms with E-state index in [-0.39, 0.29) is 19.0 Å². The zero-order valence-electron chi connectivity index (χ0n) is 12.8. The SMILES string of the molecule is O=C(O)[C@@H]1CN(C(=O)NCCOc2ncccc2F)C[C@H]1C(F)(F)F. The molecule has 1 aliphatic heterocycles. The lowest BCUT2D eigenvalue weighted by atomic mass is 9.96. The highest BCUT2D eigenvalue weighted by Crippen LogP contribution is 2.37. The highest BCUT2D eigenvalue weighted by molar-refractivity contribution is 5.77. The highest BCUT2D eigenvalue weighted by Gasteiger charge is 2.53.